The number of carbonyl (C=O) groups is 1. The summed E-state index contributed by atoms with van der Waals surface area (Å²) in [6.07, 6.45) is 4.33. The summed E-state index contributed by atoms with van der Waals surface area (Å²) in [4.78, 5) is 37.5. The maximum atomic E-state index is 11.2. The van der Waals surface area contributed by atoms with E-state index in [1.54, 1.807) is 12.1 Å². The van der Waals surface area contributed by atoms with Crippen LogP contribution in [0.4, 0.5) is 0 Å². The van der Waals surface area contributed by atoms with Crippen LogP contribution < -0.4 is 9.57 Å². The topological polar surface area (TPSA) is 133 Å². The number of carboxylic acids is 1. The molecule has 0 amide bonds. The lowest BCUT2D eigenvalue weighted by Crippen LogP contribution is -2.19. The van der Waals surface area contributed by atoms with Crippen molar-refractivity contribution in [1.29, 1.82) is 0 Å². The van der Waals surface area contributed by atoms with Crippen LogP contribution in [0.1, 0.15) is 56.4 Å². The van der Waals surface area contributed by atoms with Crippen molar-refractivity contribution in [2.45, 2.75) is 51.7 Å². The Morgan fingerprint density at radius 3 is 2.67 bits per heavy atom. The summed E-state index contributed by atoms with van der Waals surface area (Å²) >= 11 is 0. The van der Waals surface area contributed by atoms with Gasteiger partial charge < -0.3 is 14.7 Å². The summed E-state index contributed by atoms with van der Waals surface area (Å²) in [5, 5.41) is 24.2. The zero-order chi connectivity index (χ0) is 25.5. The monoisotopic (exact) mass is 493 g/mol. The second-order valence-corrected chi connectivity index (χ2v) is 8.71. The van der Waals surface area contributed by atoms with E-state index in [-0.39, 0.29) is 29.7 Å². The molecule has 1 atom stereocenters. The zero-order valence-electron chi connectivity index (χ0n) is 19.8. The fourth-order valence-electron chi connectivity index (χ4n) is 4.34. The molecule has 10 heteroatoms. The molecular formula is C26H27N3O7. The van der Waals surface area contributed by atoms with E-state index in [0.29, 0.717) is 11.3 Å². The highest BCUT2D eigenvalue weighted by Gasteiger charge is 2.28. The largest absolute Gasteiger partial charge is 0.485 e. The lowest BCUT2D eigenvalue weighted by Gasteiger charge is -2.29. The van der Waals surface area contributed by atoms with Crippen molar-refractivity contribution in [3.8, 4) is 11.5 Å². The first-order valence-electron chi connectivity index (χ1n) is 11.8. The maximum Gasteiger partial charge on any atom is 0.353 e. The minimum absolute atomic E-state index is 0.0818. The Labute approximate surface area is 207 Å². The Kier molecular flexibility index (Phi) is 7.94. The van der Waals surface area contributed by atoms with Gasteiger partial charge in [-0.05, 0) is 49.6 Å². The molecular weight excluding hydrogens is 466 g/mol. The Morgan fingerprint density at radius 1 is 1.14 bits per heavy atom. The number of benzene rings is 2. The summed E-state index contributed by atoms with van der Waals surface area (Å²) < 4.78 is 5.84. The van der Waals surface area contributed by atoms with Crippen molar-refractivity contribution in [2.75, 3.05) is 0 Å². The Balaban J connectivity index is 1.59. The molecule has 36 heavy (non-hydrogen) atoms. The number of rotatable bonds is 10. The quantitative estimate of drug-likeness (QED) is 0.223. The molecule has 1 aliphatic carbocycles. The molecule has 0 spiro atoms. The van der Waals surface area contributed by atoms with Crippen LogP contribution in [0.2, 0.25) is 0 Å². The number of fused-ring (bicyclic) bond motifs is 1. The highest BCUT2D eigenvalue weighted by Crippen LogP contribution is 2.40. The second kappa shape index (κ2) is 11.5. The Hall–Kier alpha value is -4.21. The number of aliphatic carboxylic acids is 1. The summed E-state index contributed by atoms with van der Waals surface area (Å²) in [6, 6.07) is 16.3. The van der Waals surface area contributed by atoms with Gasteiger partial charge in [-0.2, -0.15) is 0 Å². The van der Waals surface area contributed by atoms with E-state index >= 15 is 0 Å². The molecule has 188 valence electrons. The van der Waals surface area contributed by atoms with Crippen LogP contribution in [0.15, 0.2) is 59.8 Å². The minimum Gasteiger partial charge on any atom is -0.485 e. The first-order valence-corrected chi connectivity index (χ1v) is 11.8. The number of para-hydroxylation sites is 1. The number of hydrogen-bond acceptors (Lipinski definition) is 8. The van der Waals surface area contributed by atoms with Gasteiger partial charge in [-0.25, -0.2) is 9.78 Å². The van der Waals surface area contributed by atoms with Crippen LogP contribution in [-0.4, -0.2) is 26.9 Å². The third-order valence-electron chi connectivity index (χ3n) is 6.19. The smallest absolute Gasteiger partial charge is 0.353 e. The van der Waals surface area contributed by atoms with Crippen molar-refractivity contribution in [3.05, 3.63) is 76.0 Å². The molecule has 10 nitrogen and oxygen atoms in total. The third kappa shape index (κ3) is 6.26. The van der Waals surface area contributed by atoms with Gasteiger partial charge in [-0.3, -0.25) is 4.84 Å². The highest BCUT2D eigenvalue weighted by molar-refractivity contribution is 6.34. The molecule has 2 aromatic carbocycles. The summed E-state index contributed by atoms with van der Waals surface area (Å²) in [5.41, 5.74) is 1.89. The third-order valence-corrected chi connectivity index (χ3v) is 6.19. The fraction of sp³-hybridized carbons (Fsp3) is 0.346. The number of carboxylic acid groups (broad SMARTS) is 1. The van der Waals surface area contributed by atoms with Crippen molar-refractivity contribution in [3.63, 3.8) is 0 Å². The van der Waals surface area contributed by atoms with E-state index in [4.69, 9.17) is 19.5 Å². The van der Waals surface area contributed by atoms with Gasteiger partial charge in [0.15, 0.2) is 17.6 Å². The van der Waals surface area contributed by atoms with Gasteiger partial charge in [0, 0.05) is 11.3 Å². The predicted octanol–water partition coefficient (Wildman–Crippen LogP) is 5.48. The van der Waals surface area contributed by atoms with Crippen LogP contribution in [0.25, 0.3) is 10.9 Å². The van der Waals surface area contributed by atoms with Gasteiger partial charge in [0.2, 0.25) is 0 Å². The molecule has 0 radical (unpaired) electrons. The summed E-state index contributed by atoms with van der Waals surface area (Å²) in [7, 11) is 0. The number of ether oxygens (including phenoxy) is 1. The Morgan fingerprint density at radius 2 is 1.92 bits per heavy atom. The molecule has 0 bridgehead atoms. The van der Waals surface area contributed by atoms with Crippen LogP contribution in [0, 0.1) is 16.0 Å². The lowest BCUT2D eigenvalue weighted by molar-refractivity contribution is -0.711. The van der Waals surface area contributed by atoms with E-state index in [9.17, 15) is 14.9 Å². The van der Waals surface area contributed by atoms with E-state index in [2.05, 4.69) is 10.1 Å². The van der Waals surface area contributed by atoms with E-state index < -0.39 is 17.2 Å². The van der Waals surface area contributed by atoms with Crippen LogP contribution in [0.3, 0.4) is 0 Å². The maximum absolute atomic E-state index is 11.2. The number of nitrogens with zero attached hydrogens (tertiary/aromatic N) is 3. The van der Waals surface area contributed by atoms with Gasteiger partial charge >= 0.3 is 5.97 Å². The number of oxime groups is 1. The van der Waals surface area contributed by atoms with Crippen molar-refractivity contribution < 1.29 is 29.4 Å². The van der Waals surface area contributed by atoms with E-state index in [1.807, 2.05) is 36.4 Å². The van der Waals surface area contributed by atoms with Gasteiger partial charge in [0.1, 0.15) is 12.4 Å². The van der Waals surface area contributed by atoms with Crippen LogP contribution in [-0.2, 0) is 16.2 Å². The van der Waals surface area contributed by atoms with Gasteiger partial charge in [-0.15, -0.1) is 10.1 Å². The number of aromatic nitrogens is 1. The summed E-state index contributed by atoms with van der Waals surface area (Å²) in [5.74, 6) is -0.999. The summed E-state index contributed by atoms with van der Waals surface area (Å²) in [6.45, 7) is 1.43. The molecule has 1 aromatic heterocycles. The normalized spacial score (nSPS) is 15.3. The van der Waals surface area contributed by atoms with Gasteiger partial charge in [-0.1, -0.05) is 54.8 Å². The molecule has 4 rings (SSSR count). The first-order chi connectivity index (χ1) is 17.4. The molecule has 1 saturated carbocycles. The van der Waals surface area contributed by atoms with E-state index in [1.165, 1.54) is 13.0 Å². The first kappa shape index (κ1) is 24.9. The molecule has 0 aliphatic heterocycles. The van der Waals surface area contributed by atoms with Crippen molar-refractivity contribution in [2.24, 2.45) is 11.1 Å². The zero-order valence-corrected chi connectivity index (χ0v) is 19.8. The average Bonchev–Trinajstić information content (AvgIpc) is 2.88. The highest BCUT2D eigenvalue weighted by atomic mass is 17.0. The average molecular weight is 494 g/mol. The number of hydrogen-bond donors (Lipinski definition) is 1. The van der Waals surface area contributed by atoms with Crippen molar-refractivity contribution in [1.82, 2.24) is 4.98 Å². The molecule has 3 aromatic rings. The standard InChI is InChI=1S/C26H27N3O7/c1-17(26(30)31)28-35-25(19-8-3-2-4-9-19)20-12-14-23(24(15-20)36-29(32)33)34-16-21-13-11-18-7-5-6-10-22(18)27-21/h5-7,10-15,19,25H,2-4,8-9,16H2,1H3,(H,30,31)/b28-17-. The molecule has 0 saturated heterocycles. The minimum atomic E-state index is -1.18. The fourth-order valence-corrected chi connectivity index (χ4v) is 4.34. The number of pyridine rings is 1. The van der Waals surface area contributed by atoms with Crippen LogP contribution >= 0.6 is 0 Å². The molecule has 1 aliphatic rings. The van der Waals surface area contributed by atoms with Gasteiger partial charge in [0.05, 0.1) is 11.2 Å². The van der Waals surface area contributed by atoms with E-state index in [0.717, 1.165) is 43.0 Å². The SMILES string of the molecule is C/C(=N/OC(c1ccc(OCc2ccc3ccccc3n2)c(O[N+](=O)[O-])c1)C1CCCCC1)C(=O)O. The molecule has 1 N–H and O–H groups in total. The molecule has 1 heterocycles. The lowest BCUT2D eigenvalue weighted by atomic mass is 9.82. The molecule has 1 unspecified atom stereocenters. The van der Waals surface area contributed by atoms with Gasteiger partial charge in [0.25, 0.3) is 5.09 Å². The predicted molar refractivity (Wildman–Crippen MR) is 131 cm³/mol. The molecule has 1 fully saturated rings. The second-order valence-electron chi connectivity index (χ2n) is 8.71. The Bertz CT molecular complexity index is 1270. The van der Waals surface area contributed by atoms with Crippen molar-refractivity contribution >= 4 is 22.6 Å². The van der Waals surface area contributed by atoms with Crippen LogP contribution in [0.5, 0.6) is 11.5 Å².